The number of benzene rings is 3. The molecule has 0 aromatic heterocycles. The third kappa shape index (κ3) is 4.98. The molecule has 1 heterocycles. The van der Waals surface area contributed by atoms with Gasteiger partial charge in [0.1, 0.15) is 17.3 Å². The molecule has 1 N–H and O–H groups in total. The zero-order chi connectivity index (χ0) is 27.6. The van der Waals surface area contributed by atoms with Crippen LogP contribution in [0.25, 0.3) is 5.76 Å². The van der Waals surface area contributed by atoms with Crippen molar-refractivity contribution < 1.29 is 24.2 Å². The van der Waals surface area contributed by atoms with Gasteiger partial charge in [-0.2, -0.15) is 5.26 Å². The average Bonchev–Trinajstić information content (AvgIpc) is 3.17. The molecule has 0 radical (unpaired) electrons. The van der Waals surface area contributed by atoms with Gasteiger partial charge in [-0.1, -0.05) is 26.0 Å². The molecule has 38 heavy (non-hydrogen) atoms. The first-order chi connectivity index (χ1) is 18.2. The Kier molecular flexibility index (Phi) is 7.54. The summed E-state index contributed by atoms with van der Waals surface area (Å²) in [5.41, 5.74) is 2.71. The number of Topliss-reactive ketones (excluding diaryl/α,β-unsaturated/α-hetero) is 1. The number of nitrogens with zero attached hydrogens (tertiary/aromatic N) is 2. The summed E-state index contributed by atoms with van der Waals surface area (Å²) in [6.45, 7) is 7.83. The van der Waals surface area contributed by atoms with Crippen molar-refractivity contribution in [2.45, 2.75) is 45.8 Å². The lowest BCUT2D eigenvalue weighted by Crippen LogP contribution is -2.29. The van der Waals surface area contributed by atoms with Crippen molar-refractivity contribution in [2.24, 2.45) is 0 Å². The van der Waals surface area contributed by atoms with Crippen LogP contribution in [0, 0.1) is 11.3 Å². The first kappa shape index (κ1) is 26.5. The number of carbonyl (C=O) groups excluding carboxylic acids is 2. The molecule has 7 heteroatoms. The first-order valence-electron chi connectivity index (χ1n) is 12.4. The van der Waals surface area contributed by atoms with Crippen molar-refractivity contribution in [3.63, 3.8) is 0 Å². The Hall–Kier alpha value is -4.57. The highest BCUT2D eigenvalue weighted by Gasteiger charge is 2.47. The van der Waals surface area contributed by atoms with Crippen molar-refractivity contribution in [2.75, 3.05) is 12.0 Å². The minimum atomic E-state index is -0.914. The van der Waals surface area contributed by atoms with Crippen LogP contribution < -0.4 is 14.4 Å². The van der Waals surface area contributed by atoms with Crippen LogP contribution in [0.15, 0.2) is 72.3 Å². The van der Waals surface area contributed by atoms with Gasteiger partial charge >= 0.3 is 0 Å². The third-order valence-electron chi connectivity index (χ3n) is 6.39. The van der Waals surface area contributed by atoms with Gasteiger partial charge in [-0.15, -0.1) is 0 Å². The normalized spacial score (nSPS) is 16.7. The predicted octanol–water partition coefficient (Wildman–Crippen LogP) is 6.10. The van der Waals surface area contributed by atoms with Gasteiger partial charge in [0, 0.05) is 11.3 Å². The number of aliphatic hydroxyl groups excluding tert-OH is 1. The second-order valence-corrected chi connectivity index (χ2v) is 9.68. The molecule has 0 saturated carbocycles. The minimum absolute atomic E-state index is 0.0269. The Labute approximate surface area is 222 Å². The van der Waals surface area contributed by atoms with E-state index in [-0.39, 0.29) is 23.4 Å². The number of methoxy groups -OCH3 is 1. The number of hydrogen-bond acceptors (Lipinski definition) is 6. The van der Waals surface area contributed by atoms with E-state index in [0.29, 0.717) is 33.9 Å². The molecule has 1 fully saturated rings. The van der Waals surface area contributed by atoms with Crippen LogP contribution in [0.2, 0.25) is 0 Å². The monoisotopic (exact) mass is 510 g/mol. The van der Waals surface area contributed by atoms with E-state index >= 15 is 0 Å². The second kappa shape index (κ2) is 10.8. The van der Waals surface area contributed by atoms with Gasteiger partial charge in [-0.05, 0) is 85.5 Å². The van der Waals surface area contributed by atoms with Crippen LogP contribution in [0.1, 0.15) is 61.9 Å². The van der Waals surface area contributed by atoms with Crippen molar-refractivity contribution in [3.05, 3.63) is 94.6 Å². The summed E-state index contributed by atoms with van der Waals surface area (Å²) in [5.74, 6) is -0.495. The third-order valence-corrected chi connectivity index (χ3v) is 6.39. The number of carbonyl (C=O) groups is 2. The fraction of sp³-hybridized carbons (Fsp3) is 0.258. The number of amides is 1. The number of hydrogen-bond donors (Lipinski definition) is 1. The lowest BCUT2D eigenvalue weighted by atomic mass is 9.93. The molecule has 4 rings (SSSR count). The molecule has 0 spiro atoms. The van der Waals surface area contributed by atoms with E-state index < -0.39 is 17.7 Å². The van der Waals surface area contributed by atoms with E-state index in [1.165, 1.54) is 4.90 Å². The molecular weight excluding hydrogens is 480 g/mol. The van der Waals surface area contributed by atoms with E-state index in [1.54, 1.807) is 73.8 Å². The number of aliphatic hydroxyl groups is 1. The number of ether oxygens (including phenoxy) is 2. The van der Waals surface area contributed by atoms with Crippen molar-refractivity contribution in [3.8, 4) is 17.6 Å². The fourth-order valence-corrected chi connectivity index (χ4v) is 4.63. The van der Waals surface area contributed by atoms with E-state index in [9.17, 15) is 20.0 Å². The molecule has 1 atom stereocenters. The Balaban J connectivity index is 1.94. The zero-order valence-electron chi connectivity index (χ0n) is 22.1. The van der Waals surface area contributed by atoms with Crippen LogP contribution >= 0.6 is 0 Å². The molecular formula is C31H30N2O5. The Bertz CT molecular complexity index is 1450. The van der Waals surface area contributed by atoms with Crippen LogP contribution in [0.4, 0.5) is 5.69 Å². The minimum Gasteiger partial charge on any atom is -0.507 e. The predicted molar refractivity (Wildman–Crippen MR) is 145 cm³/mol. The van der Waals surface area contributed by atoms with Crippen LogP contribution in [-0.2, 0) is 9.59 Å². The summed E-state index contributed by atoms with van der Waals surface area (Å²) >= 11 is 0. The number of anilines is 1. The molecule has 1 amide bonds. The highest BCUT2D eigenvalue weighted by molar-refractivity contribution is 6.51. The van der Waals surface area contributed by atoms with Gasteiger partial charge in [0.05, 0.1) is 36.5 Å². The lowest BCUT2D eigenvalue weighted by Gasteiger charge is -2.26. The average molecular weight is 511 g/mol. The topological polar surface area (TPSA) is 99.9 Å². The van der Waals surface area contributed by atoms with Gasteiger partial charge in [-0.3, -0.25) is 14.5 Å². The van der Waals surface area contributed by atoms with Gasteiger partial charge in [-0.25, -0.2) is 0 Å². The lowest BCUT2D eigenvalue weighted by molar-refractivity contribution is -0.132. The summed E-state index contributed by atoms with van der Waals surface area (Å²) in [7, 11) is 1.58. The number of nitriles is 1. The van der Waals surface area contributed by atoms with Gasteiger partial charge in [0.25, 0.3) is 11.7 Å². The summed E-state index contributed by atoms with van der Waals surface area (Å²) in [4.78, 5) is 28.3. The van der Waals surface area contributed by atoms with Crippen molar-refractivity contribution in [1.29, 1.82) is 5.26 Å². The van der Waals surface area contributed by atoms with E-state index in [0.717, 1.165) is 5.56 Å². The fourth-order valence-electron chi connectivity index (χ4n) is 4.63. The smallest absolute Gasteiger partial charge is 0.300 e. The maximum absolute atomic E-state index is 13.5. The summed E-state index contributed by atoms with van der Waals surface area (Å²) in [5, 5.41) is 20.7. The van der Waals surface area contributed by atoms with Crippen LogP contribution in [0.5, 0.6) is 11.5 Å². The Morgan fingerprint density at radius 1 is 1.00 bits per heavy atom. The molecule has 3 aromatic carbocycles. The molecule has 3 aromatic rings. The van der Waals surface area contributed by atoms with Crippen molar-refractivity contribution >= 4 is 23.1 Å². The number of rotatable bonds is 7. The second-order valence-electron chi connectivity index (χ2n) is 9.68. The van der Waals surface area contributed by atoms with Crippen LogP contribution in [-0.4, -0.2) is 30.0 Å². The highest BCUT2D eigenvalue weighted by Crippen LogP contribution is 2.43. The van der Waals surface area contributed by atoms with Gasteiger partial charge < -0.3 is 14.6 Å². The van der Waals surface area contributed by atoms with E-state index in [2.05, 4.69) is 6.07 Å². The van der Waals surface area contributed by atoms with Crippen LogP contribution in [0.3, 0.4) is 0 Å². The molecule has 1 saturated heterocycles. The SMILES string of the molecule is COc1ccc(/C(O)=C2\C(=O)C(=O)N(c3ccc(C#N)cc3)C2c2cccc(OC(C)C)c2)cc1C(C)C. The van der Waals surface area contributed by atoms with E-state index in [4.69, 9.17) is 9.47 Å². The molecule has 1 aliphatic rings. The van der Waals surface area contributed by atoms with Gasteiger partial charge in [0.15, 0.2) is 0 Å². The van der Waals surface area contributed by atoms with E-state index in [1.807, 2.05) is 27.7 Å². The van der Waals surface area contributed by atoms with Crippen molar-refractivity contribution in [1.82, 2.24) is 0 Å². The Morgan fingerprint density at radius 3 is 2.32 bits per heavy atom. The molecule has 1 unspecified atom stereocenters. The summed E-state index contributed by atoms with van der Waals surface area (Å²) in [6.07, 6.45) is -0.0797. The summed E-state index contributed by atoms with van der Waals surface area (Å²) < 4.78 is 11.3. The quantitative estimate of drug-likeness (QED) is 0.234. The molecule has 0 bridgehead atoms. The molecule has 0 aliphatic carbocycles. The summed E-state index contributed by atoms with van der Waals surface area (Å²) in [6, 6.07) is 19.9. The van der Waals surface area contributed by atoms with Gasteiger partial charge in [0.2, 0.25) is 0 Å². The maximum atomic E-state index is 13.5. The first-order valence-corrected chi connectivity index (χ1v) is 12.4. The molecule has 7 nitrogen and oxygen atoms in total. The zero-order valence-corrected chi connectivity index (χ0v) is 22.1. The number of ketones is 1. The molecule has 194 valence electrons. The Morgan fingerprint density at radius 2 is 1.71 bits per heavy atom. The highest BCUT2D eigenvalue weighted by atomic mass is 16.5. The standard InChI is InChI=1S/C31H30N2O5/c1-18(2)25-16-22(11-14-26(25)37-5)29(34)27-28(21-7-6-8-24(15-21)38-19(3)4)33(31(36)30(27)35)23-12-9-20(17-32)10-13-23/h6-16,18-19,28,34H,1-5H3/b29-27+. The maximum Gasteiger partial charge on any atom is 0.300 e. The largest absolute Gasteiger partial charge is 0.507 e. The molecule has 1 aliphatic heterocycles.